The van der Waals surface area contributed by atoms with Crippen LogP contribution >= 0.6 is 12.1 Å². The van der Waals surface area contributed by atoms with Crippen molar-refractivity contribution in [2.75, 3.05) is 5.32 Å². The van der Waals surface area contributed by atoms with Gasteiger partial charge in [-0.1, -0.05) is 6.07 Å². The summed E-state index contributed by atoms with van der Waals surface area (Å²) in [5.41, 5.74) is 4.92. The normalized spacial score (nSPS) is 14.1. The number of H-pyrrole nitrogens is 1. The van der Waals surface area contributed by atoms with Crippen LogP contribution in [0.1, 0.15) is 11.1 Å². The summed E-state index contributed by atoms with van der Waals surface area (Å²) in [4.78, 5) is 18.4. The van der Waals surface area contributed by atoms with Crippen molar-refractivity contribution >= 4 is 34.5 Å². The second kappa shape index (κ2) is 5.69. The summed E-state index contributed by atoms with van der Waals surface area (Å²) in [6.07, 6.45) is 1.68. The van der Waals surface area contributed by atoms with E-state index in [-0.39, 0.29) is 5.56 Å². The van der Waals surface area contributed by atoms with Crippen molar-refractivity contribution < 1.29 is 0 Å². The summed E-state index contributed by atoms with van der Waals surface area (Å²) in [5.74, 6) is 0. The molecule has 0 unspecified atom stereocenters. The monoisotopic (exact) mass is 325 g/mol. The average Bonchev–Trinajstić information content (AvgIpc) is 2.97. The molecule has 0 saturated heterocycles. The van der Waals surface area contributed by atoms with Crippen molar-refractivity contribution in [3.63, 3.8) is 0 Å². The Labute approximate surface area is 137 Å². The summed E-state index contributed by atoms with van der Waals surface area (Å²) in [5, 5.41) is 9.93. The highest BCUT2D eigenvalue weighted by atomic mass is 32.2. The third-order valence-electron chi connectivity index (χ3n) is 3.96. The SMILES string of the molecule is NSN1Cc2ccc(Nc3ccnc4[nH]c(=O)ccc34)cc2C1. The van der Waals surface area contributed by atoms with Crippen LogP contribution in [0, 0.1) is 0 Å². The van der Waals surface area contributed by atoms with E-state index >= 15 is 0 Å². The third kappa shape index (κ3) is 2.70. The topological polar surface area (TPSA) is 87.0 Å². The molecule has 1 aromatic carbocycles. The van der Waals surface area contributed by atoms with Gasteiger partial charge in [0.25, 0.3) is 0 Å². The van der Waals surface area contributed by atoms with Crippen LogP contribution in [-0.2, 0) is 13.1 Å². The predicted molar refractivity (Wildman–Crippen MR) is 93.1 cm³/mol. The lowest BCUT2D eigenvalue weighted by Gasteiger charge is -2.10. The number of nitrogens with two attached hydrogens (primary N) is 1. The molecule has 3 heterocycles. The van der Waals surface area contributed by atoms with Gasteiger partial charge in [-0.25, -0.2) is 9.29 Å². The maximum Gasteiger partial charge on any atom is 0.249 e. The molecule has 3 aromatic rings. The van der Waals surface area contributed by atoms with Crippen molar-refractivity contribution in [2.24, 2.45) is 5.14 Å². The van der Waals surface area contributed by atoms with Crippen molar-refractivity contribution in [3.05, 3.63) is 64.1 Å². The number of hydrogen-bond acceptors (Lipinski definition) is 6. The fourth-order valence-electron chi connectivity index (χ4n) is 2.84. The van der Waals surface area contributed by atoms with E-state index in [1.165, 1.54) is 29.3 Å². The quantitative estimate of drug-likeness (QED) is 0.641. The highest BCUT2D eigenvalue weighted by Gasteiger charge is 2.18. The van der Waals surface area contributed by atoms with Gasteiger partial charge in [0.15, 0.2) is 0 Å². The number of nitrogens with one attached hydrogen (secondary N) is 2. The number of nitrogens with zero attached hydrogens (tertiary/aromatic N) is 2. The molecule has 0 atom stereocenters. The second-order valence-electron chi connectivity index (χ2n) is 5.46. The Bertz CT molecular complexity index is 939. The molecule has 0 saturated carbocycles. The zero-order chi connectivity index (χ0) is 15.8. The minimum atomic E-state index is -0.154. The standard InChI is InChI=1S/C16H15N5OS/c17-23-21-8-10-1-2-12(7-11(10)9-21)19-14-5-6-18-16-13(14)3-4-15(22)20-16/h1-7H,8-9,17H2,(H2,18,19,20,22). The van der Waals surface area contributed by atoms with E-state index in [9.17, 15) is 4.79 Å². The van der Waals surface area contributed by atoms with Crippen LogP contribution in [0.15, 0.2) is 47.4 Å². The minimum absolute atomic E-state index is 0.154. The molecule has 4 rings (SSSR count). The van der Waals surface area contributed by atoms with Crippen LogP contribution in [0.2, 0.25) is 0 Å². The van der Waals surface area contributed by atoms with Crippen molar-refractivity contribution in [2.45, 2.75) is 13.1 Å². The molecule has 0 bridgehead atoms. The van der Waals surface area contributed by atoms with Gasteiger partial charge in [0.1, 0.15) is 5.65 Å². The number of rotatable bonds is 3. The maximum atomic E-state index is 11.4. The Morgan fingerprint density at radius 1 is 1.17 bits per heavy atom. The number of fused-ring (bicyclic) bond motifs is 2. The van der Waals surface area contributed by atoms with E-state index in [1.807, 2.05) is 6.07 Å². The Morgan fingerprint density at radius 3 is 2.91 bits per heavy atom. The van der Waals surface area contributed by atoms with E-state index in [0.717, 1.165) is 29.9 Å². The highest BCUT2D eigenvalue weighted by molar-refractivity contribution is 7.94. The van der Waals surface area contributed by atoms with Gasteiger partial charge >= 0.3 is 0 Å². The molecule has 0 spiro atoms. The second-order valence-corrected chi connectivity index (χ2v) is 6.18. The molecule has 4 N–H and O–H groups in total. The Balaban J connectivity index is 1.68. The van der Waals surface area contributed by atoms with E-state index < -0.39 is 0 Å². The molecule has 2 aromatic heterocycles. The first-order chi connectivity index (χ1) is 11.2. The first kappa shape index (κ1) is 14.3. The fourth-order valence-corrected chi connectivity index (χ4v) is 3.27. The Morgan fingerprint density at radius 2 is 2.04 bits per heavy atom. The molecule has 0 radical (unpaired) electrons. The van der Waals surface area contributed by atoms with Gasteiger partial charge in [-0.15, -0.1) is 0 Å². The van der Waals surface area contributed by atoms with Crippen LogP contribution in [0.25, 0.3) is 11.0 Å². The first-order valence-electron chi connectivity index (χ1n) is 7.21. The van der Waals surface area contributed by atoms with E-state index in [0.29, 0.717) is 5.65 Å². The first-order valence-corrected chi connectivity index (χ1v) is 8.05. The molecule has 0 fully saturated rings. The number of hydrogen-bond donors (Lipinski definition) is 3. The highest BCUT2D eigenvalue weighted by Crippen LogP contribution is 2.30. The molecular weight excluding hydrogens is 310 g/mol. The molecule has 0 aliphatic carbocycles. The van der Waals surface area contributed by atoms with Crippen molar-refractivity contribution in [1.29, 1.82) is 0 Å². The largest absolute Gasteiger partial charge is 0.355 e. The maximum absolute atomic E-state index is 11.4. The summed E-state index contributed by atoms with van der Waals surface area (Å²) < 4.78 is 2.11. The number of pyridine rings is 2. The number of benzene rings is 1. The zero-order valence-electron chi connectivity index (χ0n) is 12.2. The summed E-state index contributed by atoms with van der Waals surface area (Å²) in [7, 11) is 0. The van der Waals surface area contributed by atoms with Gasteiger partial charge in [0.2, 0.25) is 5.56 Å². The van der Waals surface area contributed by atoms with Crippen LogP contribution < -0.4 is 16.0 Å². The van der Waals surface area contributed by atoms with Gasteiger partial charge < -0.3 is 10.3 Å². The van der Waals surface area contributed by atoms with Crippen LogP contribution in [0.3, 0.4) is 0 Å². The Hall–Kier alpha value is -2.35. The lowest BCUT2D eigenvalue weighted by molar-refractivity contribution is 0.509. The van der Waals surface area contributed by atoms with Gasteiger partial charge in [-0.2, -0.15) is 0 Å². The van der Waals surface area contributed by atoms with Crippen molar-refractivity contribution in [1.82, 2.24) is 14.3 Å². The lowest BCUT2D eigenvalue weighted by atomic mass is 10.1. The molecule has 0 amide bonds. The summed E-state index contributed by atoms with van der Waals surface area (Å²) >= 11 is 1.27. The smallest absolute Gasteiger partial charge is 0.249 e. The third-order valence-corrected chi connectivity index (χ3v) is 4.52. The average molecular weight is 325 g/mol. The molecule has 23 heavy (non-hydrogen) atoms. The minimum Gasteiger partial charge on any atom is -0.355 e. The van der Waals surface area contributed by atoms with Crippen LogP contribution in [0.4, 0.5) is 11.4 Å². The Kier molecular flexibility index (Phi) is 3.53. The molecule has 116 valence electrons. The number of aromatic amines is 1. The van der Waals surface area contributed by atoms with Crippen molar-refractivity contribution in [3.8, 4) is 0 Å². The summed E-state index contributed by atoms with van der Waals surface area (Å²) in [6, 6.07) is 11.5. The number of aromatic nitrogens is 2. The van der Waals surface area contributed by atoms with Crippen LogP contribution in [0.5, 0.6) is 0 Å². The molecule has 1 aliphatic heterocycles. The summed E-state index contributed by atoms with van der Waals surface area (Å²) in [6.45, 7) is 1.71. The zero-order valence-corrected chi connectivity index (χ0v) is 13.1. The van der Waals surface area contributed by atoms with E-state index in [1.54, 1.807) is 12.3 Å². The molecule has 6 nitrogen and oxygen atoms in total. The lowest BCUT2D eigenvalue weighted by Crippen LogP contribution is -2.08. The van der Waals surface area contributed by atoms with Gasteiger partial charge in [0, 0.05) is 48.6 Å². The van der Waals surface area contributed by atoms with E-state index in [2.05, 4.69) is 37.8 Å². The van der Waals surface area contributed by atoms with Gasteiger partial charge in [0.05, 0.1) is 5.69 Å². The molecule has 1 aliphatic rings. The molecular formula is C16H15N5OS. The molecule has 7 heteroatoms. The van der Waals surface area contributed by atoms with E-state index in [4.69, 9.17) is 5.14 Å². The number of anilines is 2. The van der Waals surface area contributed by atoms with Crippen LogP contribution in [-0.4, -0.2) is 14.3 Å². The van der Waals surface area contributed by atoms with Gasteiger partial charge in [-0.05, 0) is 35.4 Å². The predicted octanol–water partition coefficient (Wildman–Crippen LogP) is 2.50. The van der Waals surface area contributed by atoms with Gasteiger partial charge in [-0.3, -0.25) is 9.93 Å². The fraction of sp³-hybridized carbons (Fsp3) is 0.125.